The van der Waals surface area contributed by atoms with Gasteiger partial charge in [-0.05, 0) is 43.9 Å². The van der Waals surface area contributed by atoms with Gasteiger partial charge >= 0.3 is 11.9 Å². The number of aliphatic hydroxyl groups excluding tert-OH is 1. The molecule has 5 unspecified atom stereocenters. The van der Waals surface area contributed by atoms with Crippen LogP contribution >= 0.6 is 0 Å². The second-order valence-electron chi connectivity index (χ2n) is 9.05. The largest absolute Gasteiger partial charge is 0.508 e. The van der Waals surface area contributed by atoms with Crippen LogP contribution < -0.4 is 33.2 Å². The van der Waals surface area contributed by atoms with Gasteiger partial charge in [0.2, 0.25) is 17.7 Å². The molecule has 0 spiro atoms. The first kappa shape index (κ1) is 33.6. The normalized spacial score (nSPS) is 14.5. The first-order chi connectivity index (χ1) is 18.7. The van der Waals surface area contributed by atoms with Crippen molar-refractivity contribution in [1.29, 1.82) is 0 Å². The highest BCUT2D eigenvalue weighted by atomic mass is 16.4. The van der Waals surface area contributed by atoms with E-state index in [-0.39, 0.29) is 50.4 Å². The van der Waals surface area contributed by atoms with Gasteiger partial charge in [-0.1, -0.05) is 12.1 Å². The Morgan fingerprint density at radius 2 is 1.50 bits per heavy atom. The molecule has 0 aromatic heterocycles. The molecular formula is C24H37N7O9. The lowest BCUT2D eigenvalue weighted by Crippen LogP contribution is -2.60. The SMILES string of the molecule is CC(O)C(NC(=O)C(Cc1ccc(O)cc1)NC(=O)C(N)CCC(=O)O)C(=O)NC(CCCN=C(N)N)C(=O)O. The Kier molecular flexibility index (Phi) is 13.9. The van der Waals surface area contributed by atoms with E-state index < -0.39 is 59.9 Å². The summed E-state index contributed by atoms with van der Waals surface area (Å²) >= 11 is 0. The number of hydrogen-bond donors (Lipinski definition) is 10. The number of nitrogens with one attached hydrogen (secondary N) is 3. The van der Waals surface area contributed by atoms with E-state index in [1.165, 1.54) is 31.2 Å². The van der Waals surface area contributed by atoms with Crippen LogP contribution in [0.4, 0.5) is 0 Å². The molecule has 0 saturated carbocycles. The maximum Gasteiger partial charge on any atom is 0.326 e. The molecule has 0 aliphatic heterocycles. The van der Waals surface area contributed by atoms with Gasteiger partial charge in [0.25, 0.3) is 0 Å². The van der Waals surface area contributed by atoms with Crippen LogP contribution in [0.5, 0.6) is 5.75 Å². The zero-order valence-electron chi connectivity index (χ0n) is 21.9. The van der Waals surface area contributed by atoms with E-state index in [0.29, 0.717) is 5.56 Å². The third kappa shape index (κ3) is 12.4. The van der Waals surface area contributed by atoms with Crippen LogP contribution in [-0.4, -0.2) is 92.9 Å². The third-order valence-corrected chi connectivity index (χ3v) is 5.64. The minimum Gasteiger partial charge on any atom is -0.508 e. The van der Waals surface area contributed by atoms with Gasteiger partial charge in [0, 0.05) is 19.4 Å². The van der Waals surface area contributed by atoms with E-state index >= 15 is 0 Å². The van der Waals surface area contributed by atoms with Gasteiger partial charge in [0.05, 0.1) is 12.1 Å². The number of phenols is 1. The molecule has 0 heterocycles. The summed E-state index contributed by atoms with van der Waals surface area (Å²) in [5, 5.41) is 45.0. The van der Waals surface area contributed by atoms with Crippen LogP contribution in [0, 0.1) is 0 Å². The number of hydrogen-bond acceptors (Lipinski definition) is 9. The number of carboxylic acids is 2. The third-order valence-electron chi connectivity index (χ3n) is 5.64. The number of aromatic hydroxyl groups is 1. The fraction of sp³-hybridized carbons (Fsp3) is 0.500. The molecule has 16 nitrogen and oxygen atoms in total. The maximum atomic E-state index is 13.2. The molecule has 16 heteroatoms. The lowest BCUT2D eigenvalue weighted by Gasteiger charge is -2.26. The highest BCUT2D eigenvalue weighted by Gasteiger charge is 2.32. The summed E-state index contributed by atoms with van der Waals surface area (Å²) in [6.07, 6.45) is -2.02. The predicted molar refractivity (Wildman–Crippen MR) is 142 cm³/mol. The van der Waals surface area contributed by atoms with E-state index in [1.807, 2.05) is 0 Å². The van der Waals surface area contributed by atoms with Gasteiger partial charge in [-0.3, -0.25) is 24.2 Å². The zero-order valence-corrected chi connectivity index (χ0v) is 21.9. The van der Waals surface area contributed by atoms with Crippen molar-refractivity contribution < 1.29 is 44.4 Å². The average Bonchev–Trinajstić information content (AvgIpc) is 2.87. The Balaban J connectivity index is 3.05. The van der Waals surface area contributed by atoms with Crippen LogP contribution in [0.2, 0.25) is 0 Å². The molecule has 222 valence electrons. The first-order valence-corrected chi connectivity index (χ1v) is 12.3. The van der Waals surface area contributed by atoms with E-state index in [9.17, 15) is 39.3 Å². The number of carboxylic acid groups (broad SMARTS) is 2. The Hall–Kier alpha value is -4.44. The Morgan fingerprint density at radius 3 is 2.02 bits per heavy atom. The van der Waals surface area contributed by atoms with Crippen LogP contribution in [0.25, 0.3) is 0 Å². The summed E-state index contributed by atoms with van der Waals surface area (Å²) in [7, 11) is 0. The molecule has 1 aromatic carbocycles. The molecule has 5 atom stereocenters. The molecule has 1 rings (SSSR count). The number of carbonyl (C=O) groups is 5. The average molecular weight is 568 g/mol. The number of nitrogens with two attached hydrogens (primary N) is 3. The van der Waals surface area contributed by atoms with E-state index in [0.717, 1.165) is 0 Å². The van der Waals surface area contributed by atoms with Crippen LogP contribution in [0.3, 0.4) is 0 Å². The minimum atomic E-state index is -1.60. The molecule has 40 heavy (non-hydrogen) atoms. The second kappa shape index (κ2) is 16.5. The van der Waals surface area contributed by atoms with Crippen molar-refractivity contribution in [1.82, 2.24) is 16.0 Å². The number of amides is 3. The molecule has 0 radical (unpaired) electrons. The van der Waals surface area contributed by atoms with Gasteiger partial charge < -0.3 is 53.6 Å². The smallest absolute Gasteiger partial charge is 0.326 e. The quantitative estimate of drug-likeness (QED) is 0.0515. The van der Waals surface area contributed by atoms with Gasteiger partial charge in [-0.25, -0.2) is 4.79 Å². The fourth-order valence-electron chi connectivity index (χ4n) is 3.45. The molecule has 0 saturated heterocycles. The van der Waals surface area contributed by atoms with Crippen molar-refractivity contribution in [3.63, 3.8) is 0 Å². The number of guanidine groups is 1. The van der Waals surface area contributed by atoms with Crippen molar-refractivity contribution in [3.05, 3.63) is 29.8 Å². The maximum absolute atomic E-state index is 13.2. The lowest BCUT2D eigenvalue weighted by atomic mass is 10.0. The number of aliphatic imine (C=N–C) groups is 1. The number of rotatable bonds is 17. The number of benzene rings is 1. The van der Waals surface area contributed by atoms with Gasteiger partial charge in [0.1, 0.15) is 23.9 Å². The summed E-state index contributed by atoms with van der Waals surface area (Å²) in [6, 6.07) is 0.127. The summed E-state index contributed by atoms with van der Waals surface area (Å²) in [4.78, 5) is 64.8. The summed E-state index contributed by atoms with van der Waals surface area (Å²) in [6.45, 7) is 1.32. The molecule has 0 bridgehead atoms. The molecule has 3 amide bonds. The van der Waals surface area contributed by atoms with Gasteiger partial charge in [-0.15, -0.1) is 0 Å². The minimum absolute atomic E-state index is 0.0402. The molecule has 1 aromatic rings. The Morgan fingerprint density at radius 1 is 0.900 bits per heavy atom. The summed E-state index contributed by atoms with van der Waals surface area (Å²) in [5.74, 6) is -5.47. The Labute approximate surface area is 230 Å². The van der Waals surface area contributed by atoms with Gasteiger partial charge in [-0.2, -0.15) is 0 Å². The topological polar surface area (TPSA) is 293 Å². The molecule has 13 N–H and O–H groups in total. The number of aliphatic carboxylic acids is 2. The first-order valence-electron chi connectivity index (χ1n) is 12.3. The highest BCUT2D eigenvalue weighted by molar-refractivity contribution is 5.94. The predicted octanol–water partition coefficient (Wildman–Crippen LogP) is -2.90. The number of carbonyl (C=O) groups excluding carboxylic acids is 3. The number of aliphatic hydroxyl groups is 1. The molecule has 0 aliphatic carbocycles. The van der Waals surface area contributed by atoms with Gasteiger partial charge in [0.15, 0.2) is 5.96 Å². The van der Waals surface area contributed by atoms with Crippen LogP contribution in [0.15, 0.2) is 29.3 Å². The van der Waals surface area contributed by atoms with Crippen molar-refractivity contribution in [2.24, 2.45) is 22.2 Å². The van der Waals surface area contributed by atoms with Crippen molar-refractivity contribution >= 4 is 35.6 Å². The van der Waals surface area contributed by atoms with Crippen molar-refractivity contribution in [2.45, 2.75) is 69.3 Å². The number of nitrogens with zero attached hydrogens (tertiary/aromatic N) is 1. The van der Waals surface area contributed by atoms with Crippen LogP contribution in [-0.2, 0) is 30.4 Å². The van der Waals surface area contributed by atoms with E-state index in [2.05, 4.69) is 20.9 Å². The van der Waals surface area contributed by atoms with E-state index in [4.69, 9.17) is 22.3 Å². The monoisotopic (exact) mass is 567 g/mol. The summed E-state index contributed by atoms with van der Waals surface area (Å²) in [5.41, 5.74) is 16.7. The highest BCUT2D eigenvalue weighted by Crippen LogP contribution is 2.12. The summed E-state index contributed by atoms with van der Waals surface area (Å²) < 4.78 is 0. The van der Waals surface area contributed by atoms with E-state index in [1.54, 1.807) is 0 Å². The molecule has 0 fully saturated rings. The second-order valence-corrected chi connectivity index (χ2v) is 9.05. The van der Waals surface area contributed by atoms with Crippen molar-refractivity contribution in [2.75, 3.05) is 6.54 Å². The molecular weight excluding hydrogens is 530 g/mol. The lowest BCUT2D eigenvalue weighted by molar-refractivity contribution is -0.143. The zero-order chi connectivity index (χ0) is 30.4. The standard InChI is InChI=1S/C24H37N7O9/c1-12(32)19(22(38)29-16(23(39)40)3-2-10-28-24(26)27)31-21(37)17(11-13-4-6-14(33)7-5-13)30-20(36)15(25)8-9-18(34)35/h4-7,12,15-17,19,32-33H,2-3,8-11,25H2,1H3,(H,29,38)(H,30,36)(H,31,37)(H,34,35)(H,39,40)(H4,26,27,28). The number of phenolic OH excluding ortho intramolecular Hbond substituents is 1. The Bertz CT molecular complexity index is 1060. The van der Waals surface area contributed by atoms with Crippen molar-refractivity contribution in [3.8, 4) is 5.75 Å². The fourth-order valence-corrected chi connectivity index (χ4v) is 3.45. The molecule has 0 aliphatic rings. The van der Waals surface area contributed by atoms with Crippen LogP contribution in [0.1, 0.15) is 38.2 Å².